The van der Waals surface area contributed by atoms with Gasteiger partial charge in [-0.15, -0.1) is 10.2 Å². The molecular formula is C14H14N4. The third-order valence-electron chi connectivity index (χ3n) is 3.09. The third kappa shape index (κ3) is 1.67. The van der Waals surface area contributed by atoms with Gasteiger partial charge in [0.15, 0.2) is 11.5 Å². The van der Waals surface area contributed by atoms with Gasteiger partial charge < -0.3 is 5.73 Å². The van der Waals surface area contributed by atoms with Crippen LogP contribution in [0.25, 0.3) is 17.0 Å². The summed E-state index contributed by atoms with van der Waals surface area (Å²) < 4.78 is 1.99. The minimum Gasteiger partial charge on any atom is -0.326 e. The number of aromatic nitrogens is 3. The minimum atomic E-state index is 0.515. The normalized spacial score (nSPS) is 11.0. The SMILES string of the molecule is Cc1ccccc1-c1nnc2ccc(CN)cn12. The fourth-order valence-electron chi connectivity index (χ4n) is 2.06. The van der Waals surface area contributed by atoms with E-state index in [-0.39, 0.29) is 0 Å². The van der Waals surface area contributed by atoms with Crippen LogP contribution in [-0.2, 0) is 6.54 Å². The lowest BCUT2D eigenvalue weighted by Gasteiger charge is -2.04. The molecule has 90 valence electrons. The maximum absolute atomic E-state index is 5.67. The summed E-state index contributed by atoms with van der Waals surface area (Å²) >= 11 is 0. The summed E-state index contributed by atoms with van der Waals surface area (Å²) in [4.78, 5) is 0. The molecule has 1 aromatic carbocycles. The molecule has 4 heteroatoms. The van der Waals surface area contributed by atoms with E-state index in [4.69, 9.17) is 5.73 Å². The van der Waals surface area contributed by atoms with Crippen LogP contribution in [0.5, 0.6) is 0 Å². The van der Waals surface area contributed by atoms with Gasteiger partial charge >= 0.3 is 0 Å². The van der Waals surface area contributed by atoms with Crippen LogP contribution in [0.3, 0.4) is 0 Å². The summed E-state index contributed by atoms with van der Waals surface area (Å²) in [6.45, 7) is 2.59. The molecule has 0 aliphatic heterocycles. The topological polar surface area (TPSA) is 56.2 Å². The maximum Gasteiger partial charge on any atom is 0.168 e. The zero-order valence-electron chi connectivity index (χ0n) is 10.2. The van der Waals surface area contributed by atoms with E-state index in [2.05, 4.69) is 29.3 Å². The van der Waals surface area contributed by atoms with Crippen molar-refractivity contribution in [1.82, 2.24) is 14.6 Å². The van der Waals surface area contributed by atoms with E-state index in [1.54, 1.807) is 0 Å². The molecule has 2 N–H and O–H groups in total. The largest absolute Gasteiger partial charge is 0.326 e. The number of rotatable bonds is 2. The summed E-state index contributed by atoms with van der Waals surface area (Å²) in [6, 6.07) is 12.1. The molecule has 0 bridgehead atoms. The van der Waals surface area contributed by atoms with Crippen LogP contribution in [-0.4, -0.2) is 14.6 Å². The Morgan fingerprint density at radius 1 is 1.11 bits per heavy atom. The first-order chi connectivity index (χ1) is 8.79. The standard InChI is InChI=1S/C14H14N4/c1-10-4-2-3-5-12(10)14-17-16-13-7-6-11(8-15)9-18(13)14/h2-7,9H,8,15H2,1H3. The molecule has 0 saturated carbocycles. The molecule has 0 atom stereocenters. The smallest absolute Gasteiger partial charge is 0.168 e. The molecule has 0 spiro atoms. The van der Waals surface area contributed by atoms with Gasteiger partial charge in [0.2, 0.25) is 0 Å². The lowest BCUT2D eigenvalue weighted by Crippen LogP contribution is -1.99. The molecule has 0 fully saturated rings. The van der Waals surface area contributed by atoms with Crippen molar-refractivity contribution in [2.45, 2.75) is 13.5 Å². The van der Waals surface area contributed by atoms with Gasteiger partial charge in [-0.2, -0.15) is 0 Å². The number of benzene rings is 1. The molecule has 0 aliphatic rings. The minimum absolute atomic E-state index is 0.515. The van der Waals surface area contributed by atoms with Gasteiger partial charge in [-0.05, 0) is 24.1 Å². The van der Waals surface area contributed by atoms with Crippen LogP contribution >= 0.6 is 0 Å². The Morgan fingerprint density at radius 2 is 1.94 bits per heavy atom. The van der Waals surface area contributed by atoms with Gasteiger partial charge in [-0.1, -0.05) is 30.3 Å². The van der Waals surface area contributed by atoms with E-state index in [0.29, 0.717) is 6.54 Å². The van der Waals surface area contributed by atoms with Crippen molar-refractivity contribution in [2.24, 2.45) is 5.73 Å². The van der Waals surface area contributed by atoms with E-state index in [1.807, 2.05) is 34.9 Å². The van der Waals surface area contributed by atoms with Crippen molar-refractivity contribution in [3.05, 3.63) is 53.7 Å². The van der Waals surface area contributed by atoms with Crippen molar-refractivity contribution >= 4 is 5.65 Å². The van der Waals surface area contributed by atoms with Crippen LogP contribution in [0, 0.1) is 6.92 Å². The zero-order valence-corrected chi connectivity index (χ0v) is 10.2. The summed E-state index contributed by atoms with van der Waals surface area (Å²) in [5, 5.41) is 8.46. The van der Waals surface area contributed by atoms with E-state index < -0.39 is 0 Å². The quantitative estimate of drug-likeness (QED) is 0.744. The average Bonchev–Trinajstić information content (AvgIpc) is 2.82. The van der Waals surface area contributed by atoms with Crippen LogP contribution in [0.15, 0.2) is 42.6 Å². The van der Waals surface area contributed by atoms with Crippen LogP contribution < -0.4 is 5.73 Å². The highest BCUT2D eigenvalue weighted by Crippen LogP contribution is 2.22. The first-order valence-electron chi connectivity index (χ1n) is 5.89. The van der Waals surface area contributed by atoms with Gasteiger partial charge in [-0.3, -0.25) is 4.40 Å². The fourth-order valence-corrected chi connectivity index (χ4v) is 2.06. The summed E-state index contributed by atoms with van der Waals surface area (Å²) in [6.07, 6.45) is 2.00. The second-order valence-corrected chi connectivity index (χ2v) is 4.31. The van der Waals surface area contributed by atoms with Gasteiger partial charge in [0.05, 0.1) is 0 Å². The Balaban J connectivity index is 2.26. The van der Waals surface area contributed by atoms with Crippen molar-refractivity contribution < 1.29 is 0 Å². The second-order valence-electron chi connectivity index (χ2n) is 4.31. The predicted octanol–water partition coefficient (Wildman–Crippen LogP) is 2.16. The number of nitrogens with zero attached hydrogens (tertiary/aromatic N) is 3. The highest BCUT2D eigenvalue weighted by atomic mass is 15.2. The Kier molecular flexibility index (Phi) is 2.57. The van der Waals surface area contributed by atoms with Gasteiger partial charge in [0.25, 0.3) is 0 Å². The Hall–Kier alpha value is -2.20. The van der Waals surface area contributed by atoms with Crippen LogP contribution in [0.4, 0.5) is 0 Å². The summed E-state index contributed by atoms with van der Waals surface area (Å²) in [7, 11) is 0. The van der Waals surface area contributed by atoms with Crippen LogP contribution in [0.1, 0.15) is 11.1 Å². The van der Waals surface area contributed by atoms with Crippen LogP contribution in [0.2, 0.25) is 0 Å². The molecule has 2 heterocycles. The lowest BCUT2D eigenvalue weighted by atomic mass is 10.1. The number of fused-ring (bicyclic) bond motifs is 1. The highest BCUT2D eigenvalue weighted by molar-refractivity contribution is 5.63. The molecule has 0 saturated heterocycles. The number of hydrogen-bond acceptors (Lipinski definition) is 3. The highest BCUT2D eigenvalue weighted by Gasteiger charge is 2.09. The number of pyridine rings is 1. The monoisotopic (exact) mass is 238 g/mol. The molecule has 3 aromatic rings. The van der Waals surface area contributed by atoms with Gasteiger partial charge in [-0.25, -0.2) is 0 Å². The Bertz CT molecular complexity index is 700. The van der Waals surface area contributed by atoms with Crippen molar-refractivity contribution in [2.75, 3.05) is 0 Å². The Labute approximate surface area is 105 Å². The van der Waals surface area contributed by atoms with Gasteiger partial charge in [0, 0.05) is 18.3 Å². The maximum atomic E-state index is 5.67. The van der Waals surface area contributed by atoms with E-state index in [9.17, 15) is 0 Å². The molecular weight excluding hydrogens is 224 g/mol. The van der Waals surface area contributed by atoms with E-state index in [1.165, 1.54) is 5.56 Å². The lowest BCUT2D eigenvalue weighted by molar-refractivity contribution is 1.03. The second kappa shape index (κ2) is 4.23. The molecule has 0 radical (unpaired) electrons. The summed E-state index contributed by atoms with van der Waals surface area (Å²) in [5.74, 6) is 0.860. The zero-order chi connectivity index (χ0) is 12.5. The summed E-state index contributed by atoms with van der Waals surface area (Å²) in [5.41, 5.74) is 9.86. The molecule has 2 aromatic heterocycles. The number of hydrogen-bond donors (Lipinski definition) is 1. The van der Waals surface area contributed by atoms with Crippen molar-refractivity contribution in [3.8, 4) is 11.4 Å². The predicted molar refractivity (Wildman–Crippen MR) is 71.1 cm³/mol. The van der Waals surface area contributed by atoms with E-state index in [0.717, 1.165) is 22.6 Å². The number of nitrogens with two attached hydrogens (primary N) is 1. The number of aryl methyl sites for hydroxylation is 1. The Morgan fingerprint density at radius 3 is 2.72 bits per heavy atom. The molecule has 0 aliphatic carbocycles. The molecule has 18 heavy (non-hydrogen) atoms. The third-order valence-corrected chi connectivity index (χ3v) is 3.09. The average molecular weight is 238 g/mol. The molecule has 3 rings (SSSR count). The fraction of sp³-hybridized carbons (Fsp3) is 0.143. The molecule has 0 unspecified atom stereocenters. The first-order valence-corrected chi connectivity index (χ1v) is 5.89. The van der Waals surface area contributed by atoms with Crippen molar-refractivity contribution in [1.29, 1.82) is 0 Å². The van der Waals surface area contributed by atoms with E-state index >= 15 is 0 Å². The van der Waals surface area contributed by atoms with Gasteiger partial charge in [0.1, 0.15) is 0 Å². The molecule has 0 amide bonds. The van der Waals surface area contributed by atoms with Crippen molar-refractivity contribution in [3.63, 3.8) is 0 Å². The first kappa shape index (κ1) is 10.9. The molecule has 4 nitrogen and oxygen atoms in total.